The Morgan fingerprint density at radius 2 is 2.29 bits per heavy atom. The van der Waals surface area contributed by atoms with Crippen molar-refractivity contribution in [3.8, 4) is 11.5 Å². The molecule has 0 aliphatic heterocycles. The highest BCUT2D eigenvalue weighted by Crippen LogP contribution is 2.26. The monoisotopic (exact) mass is 237 g/mol. The first-order valence-corrected chi connectivity index (χ1v) is 5.17. The Labute approximate surface area is 97.4 Å². The zero-order chi connectivity index (χ0) is 12.3. The number of aromatic nitrogens is 2. The Kier molecular flexibility index (Phi) is 3.34. The van der Waals surface area contributed by atoms with E-state index < -0.39 is 5.82 Å². The van der Waals surface area contributed by atoms with Gasteiger partial charge in [0.1, 0.15) is 12.4 Å². The van der Waals surface area contributed by atoms with Crippen LogP contribution in [-0.4, -0.2) is 16.7 Å². The van der Waals surface area contributed by atoms with E-state index in [2.05, 4.69) is 10.1 Å². The summed E-state index contributed by atoms with van der Waals surface area (Å²) in [4.78, 5) is 4.07. The molecule has 90 valence electrons. The van der Waals surface area contributed by atoms with Crippen LogP contribution in [0.2, 0.25) is 0 Å². The van der Waals surface area contributed by atoms with Gasteiger partial charge in [0.2, 0.25) is 0 Å². The summed E-state index contributed by atoms with van der Waals surface area (Å²) >= 11 is 0. The Bertz CT molecular complexity index is 513. The van der Waals surface area contributed by atoms with Gasteiger partial charge in [-0.2, -0.15) is 4.98 Å². The molecule has 2 N–H and O–H groups in total. The van der Waals surface area contributed by atoms with Gasteiger partial charge in [0.05, 0.1) is 11.3 Å². The molecule has 0 saturated carbocycles. The molecular weight excluding hydrogens is 225 g/mol. The van der Waals surface area contributed by atoms with Crippen molar-refractivity contribution in [2.75, 3.05) is 12.3 Å². The number of nitrogens with two attached hydrogens (primary N) is 1. The largest absolute Gasteiger partial charge is 0.396 e. The third kappa shape index (κ3) is 2.42. The van der Waals surface area contributed by atoms with Crippen LogP contribution in [0.1, 0.15) is 12.7 Å². The van der Waals surface area contributed by atoms with Gasteiger partial charge in [0, 0.05) is 6.61 Å². The molecule has 2 rings (SSSR count). The molecule has 2 aromatic rings. The van der Waals surface area contributed by atoms with Gasteiger partial charge in [-0.3, -0.25) is 0 Å². The van der Waals surface area contributed by atoms with E-state index >= 15 is 0 Å². The van der Waals surface area contributed by atoms with Crippen LogP contribution in [0.4, 0.5) is 10.1 Å². The normalized spacial score (nSPS) is 10.7. The number of ether oxygens (including phenoxy) is 1. The molecule has 6 heteroatoms. The standard InChI is InChI=1S/C11H12FN3O2/c1-2-16-6-9-14-11(17-15-9)7-4-3-5-8(12)10(7)13/h3-5H,2,6,13H2,1H3. The number of halogens is 1. The van der Waals surface area contributed by atoms with Crippen LogP contribution in [0.15, 0.2) is 22.7 Å². The third-order valence-corrected chi connectivity index (χ3v) is 2.19. The minimum Gasteiger partial charge on any atom is -0.396 e. The molecule has 5 nitrogen and oxygen atoms in total. The van der Waals surface area contributed by atoms with E-state index in [1.807, 2.05) is 6.92 Å². The van der Waals surface area contributed by atoms with Crippen molar-refractivity contribution in [2.24, 2.45) is 0 Å². The van der Waals surface area contributed by atoms with Crippen LogP contribution in [-0.2, 0) is 11.3 Å². The Hall–Kier alpha value is -1.95. The molecule has 1 aromatic heterocycles. The van der Waals surface area contributed by atoms with E-state index in [0.29, 0.717) is 18.0 Å². The average Bonchev–Trinajstić information content (AvgIpc) is 2.78. The minimum absolute atomic E-state index is 0.000824. The molecule has 0 atom stereocenters. The first kappa shape index (κ1) is 11.5. The van der Waals surface area contributed by atoms with Crippen LogP contribution in [0.3, 0.4) is 0 Å². The lowest BCUT2D eigenvalue weighted by Crippen LogP contribution is -1.95. The number of rotatable bonds is 4. The van der Waals surface area contributed by atoms with Gasteiger partial charge < -0.3 is 15.0 Å². The fraction of sp³-hybridized carbons (Fsp3) is 0.273. The molecule has 1 heterocycles. The predicted molar refractivity (Wildman–Crippen MR) is 59.4 cm³/mol. The average molecular weight is 237 g/mol. The summed E-state index contributed by atoms with van der Waals surface area (Å²) in [7, 11) is 0. The van der Waals surface area contributed by atoms with Crippen molar-refractivity contribution < 1.29 is 13.7 Å². The first-order valence-electron chi connectivity index (χ1n) is 5.17. The highest BCUT2D eigenvalue weighted by atomic mass is 19.1. The van der Waals surface area contributed by atoms with Gasteiger partial charge in [0.25, 0.3) is 5.89 Å². The second-order valence-electron chi connectivity index (χ2n) is 3.35. The molecule has 0 amide bonds. The van der Waals surface area contributed by atoms with Gasteiger partial charge in [-0.05, 0) is 19.1 Å². The quantitative estimate of drug-likeness (QED) is 0.823. The number of para-hydroxylation sites is 1. The summed E-state index contributed by atoms with van der Waals surface area (Å²) in [5.41, 5.74) is 5.98. The molecule has 0 fully saturated rings. The number of benzene rings is 1. The molecule has 0 bridgehead atoms. The molecule has 0 radical (unpaired) electrons. The summed E-state index contributed by atoms with van der Waals surface area (Å²) in [6.45, 7) is 2.69. The van der Waals surface area contributed by atoms with Gasteiger partial charge >= 0.3 is 0 Å². The Morgan fingerprint density at radius 3 is 3.06 bits per heavy atom. The third-order valence-electron chi connectivity index (χ3n) is 2.19. The van der Waals surface area contributed by atoms with Crippen molar-refractivity contribution >= 4 is 5.69 Å². The lowest BCUT2D eigenvalue weighted by atomic mass is 10.2. The number of anilines is 1. The number of hydrogen-bond acceptors (Lipinski definition) is 5. The first-order chi connectivity index (χ1) is 8.22. The fourth-order valence-electron chi connectivity index (χ4n) is 1.34. The zero-order valence-electron chi connectivity index (χ0n) is 9.31. The summed E-state index contributed by atoms with van der Waals surface area (Å²) in [5, 5.41) is 3.71. The van der Waals surface area contributed by atoms with Crippen molar-refractivity contribution in [3.63, 3.8) is 0 Å². The molecule has 0 saturated heterocycles. The topological polar surface area (TPSA) is 74.2 Å². The highest BCUT2D eigenvalue weighted by Gasteiger charge is 2.13. The van der Waals surface area contributed by atoms with Gasteiger partial charge in [0.15, 0.2) is 5.82 Å². The van der Waals surface area contributed by atoms with Crippen LogP contribution in [0.25, 0.3) is 11.5 Å². The van der Waals surface area contributed by atoms with E-state index in [4.69, 9.17) is 15.0 Å². The Balaban J connectivity index is 2.27. The predicted octanol–water partition coefficient (Wildman–Crippen LogP) is 1.99. The van der Waals surface area contributed by atoms with Gasteiger partial charge in [-0.15, -0.1) is 0 Å². The van der Waals surface area contributed by atoms with Crippen molar-refractivity contribution in [1.29, 1.82) is 0 Å². The van der Waals surface area contributed by atoms with E-state index in [-0.39, 0.29) is 18.2 Å². The smallest absolute Gasteiger partial charge is 0.260 e. The van der Waals surface area contributed by atoms with Crippen molar-refractivity contribution in [3.05, 3.63) is 29.8 Å². The van der Waals surface area contributed by atoms with Crippen LogP contribution >= 0.6 is 0 Å². The second-order valence-corrected chi connectivity index (χ2v) is 3.35. The molecule has 0 aliphatic rings. The van der Waals surface area contributed by atoms with Gasteiger partial charge in [-0.1, -0.05) is 11.2 Å². The van der Waals surface area contributed by atoms with Crippen LogP contribution in [0, 0.1) is 5.82 Å². The highest BCUT2D eigenvalue weighted by molar-refractivity contribution is 5.70. The van der Waals surface area contributed by atoms with Crippen LogP contribution in [0.5, 0.6) is 0 Å². The number of nitrogen functional groups attached to an aromatic ring is 1. The van der Waals surface area contributed by atoms with E-state index in [9.17, 15) is 4.39 Å². The maximum atomic E-state index is 13.2. The SMILES string of the molecule is CCOCc1noc(-c2cccc(F)c2N)n1. The number of hydrogen-bond donors (Lipinski definition) is 1. The summed E-state index contributed by atoms with van der Waals surface area (Å²) in [5.74, 6) is 0.0919. The lowest BCUT2D eigenvalue weighted by molar-refractivity contribution is 0.126. The van der Waals surface area contributed by atoms with Crippen LogP contribution < -0.4 is 5.73 Å². The molecule has 1 aromatic carbocycles. The molecular formula is C11H12FN3O2. The van der Waals surface area contributed by atoms with E-state index in [1.165, 1.54) is 12.1 Å². The van der Waals surface area contributed by atoms with E-state index in [0.717, 1.165) is 0 Å². The molecule has 17 heavy (non-hydrogen) atoms. The van der Waals surface area contributed by atoms with E-state index in [1.54, 1.807) is 6.07 Å². The number of nitrogens with zero attached hydrogens (tertiary/aromatic N) is 2. The van der Waals surface area contributed by atoms with Crippen molar-refractivity contribution in [1.82, 2.24) is 10.1 Å². The van der Waals surface area contributed by atoms with Gasteiger partial charge in [-0.25, -0.2) is 4.39 Å². The second kappa shape index (κ2) is 4.92. The Morgan fingerprint density at radius 1 is 1.47 bits per heavy atom. The summed E-state index contributed by atoms with van der Waals surface area (Å²) in [6, 6.07) is 4.43. The summed E-state index contributed by atoms with van der Waals surface area (Å²) in [6.07, 6.45) is 0. The maximum Gasteiger partial charge on any atom is 0.260 e. The lowest BCUT2D eigenvalue weighted by Gasteiger charge is -2.00. The minimum atomic E-state index is -0.507. The molecule has 0 aliphatic carbocycles. The fourth-order valence-corrected chi connectivity index (χ4v) is 1.34. The molecule has 0 unspecified atom stereocenters. The molecule has 0 spiro atoms. The summed E-state index contributed by atoms with van der Waals surface area (Å²) < 4.78 is 23.4. The zero-order valence-corrected chi connectivity index (χ0v) is 9.31. The maximum absolute atomic E-state index is 13.2. The van der Waals surface area contributed by atoms with Crippen molar-refractivity contribution in [2.45, 2.75) is 13.5 Å².